The van der Waals surface area contributed by atoms with E-state index in [2.05, 4.69) is 10.6 Å². The van der Waals surface area contributed by atoms with E-state index in [1.807, 2.05) is 0 Å². The quantitative estimate of drug-likeness (QED) is 0.725. The summed E-state index contributed by atoms with van der Waals surface area (Å²) >= 11 is 6.13. The Morgan fingerprint density at radius 1 is 1.48 bits per heavy atom. The van der Waals surface area contributed by atoms with Crippen LogP contribution in [-0.4, -0.2) is 52.0 Å². The first-order chi connectivity index (χ1) is 10.7. The molecule has 1 unspecified atom stereocenters. The van der Waals surface area contributed by atoms with Crippen LogP contribution in [0.5, 0.6) is 5.75 Å². The van der Waals surface area contributed by atoms with E-state index in [-0.39, 0.29) is 24.4 Å². The Balaban J connectivity index is 0.00000264. The van der Waals surface area contributed by atoms with Crippen LogP contribution in [0.1, 0.15) is 6.42 Å². The highest BCUT2D eigenvalue weighted by molar-refractivity contribution is 6.32. The molecule has 1 aromatic carbocycles. The number of methoxy groups -OCH3 is 1. The molecule has 1 saturated heterocycles. The molecule has 0 saturated carbocycles. The molecule has 1 heterocycles. The van der Waals surface area contributed by atoms with Crippen molar-refractivity contribution in [2.75, 3.05) is 45.4 Å². The van der Waals surface area contributed by atoms with Crippen molar-refractivity contribution in [3.8, 4) is 5.75 Å². The molecule has 1 aromatic rings. The number of hydrogen-bond donors (Lipinski definition) is 2. The Kier molecular flexibility index (Phi) is 9.28. The number of morpholine rings is 1. The molecule has 0 radical (unpaired) electrons. The third-order valence-corrected chi connectivity index (χ3v) is 3.49. The van der Waals surface area contributed by atoms with Gasteiger partial charge in [0.25, 0.3) is 0 Å². The predicted octanol–water partition coefficient (Wildman–Crippen LogP) is 2.10. The summed E-state index contributed by atoms with van der Waals surface area (Å²) in [5.74, 6) is 0.492. The molecular formula is C15H22Cl2N2O4. The lowest BCUT2D eigenvalue weighted by Crippen LogP contribution is -2.43. The number of halogens is 2. The zero-order chi connectivity index (χ0) is 15.8. The van der Waals surface area contributed by atoms with Gasteiger partial charge in [-0.15, -0.1) is 12.4 Å². The second-order valence-corrected chi connectivity index (χ2v) is 5.37. The minimum absolute atomic E-state index is 0. The summed E-state index contributed by atoms with van der Waals surface area (Å²) in [6.07, 6.45) is 0.365. The number of hydrogen-bond acceptors (Lipinski definition) is 5. The minimum Gasteiger partial charge on any atom is -0.490 e. The third kappa shape index (κ3) is 6.93. The molecule has 0 spiro atoms. The largest absolute Gasteiger partial charge is 0.490 e. The van der Waals surface area contributed by atoms with Crippen molar-refractivity contribution in [2.24, 2.45) is 0 Å². The van der Waals surface area contributed by atoms with Crippen LogP contribution >= 0.6 is 24.0 Å². The highest BCUT2D eigenvalue weighted by atomic mass is 35.5. The second kappa shape index (κ2) is 10.7. The summed E-state index contributed by atoms with van der Waals surface area (Å²) in [6, 6.07) is 5.22. The van der Waals surface area contributed by atoms with Crippen LogP contribution in [0.3, 0.4) is 0 Å². The number of nitrogens with one attached hydrogen (secondary N) is 2. The van der Waals surface area contributed by atoms with Gasteiger partial charge in [0, 0.05) is 31.8 Å². The number of carbonyl (C=O) groups is 1. The van der Waals surface area contributed by atoms with Crippen molar-refractivity contribution in [3.63, 3.8) is 0 Å². The van der Waals surface area contributed by atoms with Gasteiger partial charge in [-0.3, -0.25) is 4.79 Å². The van der Waals surface area contributed by atoms with Gasteiger partial charge < -0.3 is 24.8 Å². The lowest BCUT2D eigenvalue weighted by atomic mass is 10.2. The first kappa shape index (κ1) is 20.0. The number of amides is 1. The first-order valence-corrected chi connectivity index (χ1v) is 7.59. The van der Waals surface area contributed by atoms with Crippen LogP contribution in [0.25, 0.3) is 0 Å². The van der Waals surface area contributed by atoms with E-state index in [0.717, 1.165) is 6.54 Å². The maximum atomic E-state index is 12.0. The molecular weight excluding hydrogens is 343 g/mol. The molecule has 6 nitrogen and oxygen atoms in total. The zero-order valence-electron chi connectivity index (χ0n) is 13.0. The molecule has 1 fully saturated rings. The van der Waals surface area contributed by atoms with Crippen LogP contribution in [0.4, 0.5) is 5.69 Å². The van der Waals surface area contributed by atoms with Gasteiger partial charge in [-0.05, 0) is 18.2 Å². The van der Waals surface area contributed by atoms with Gasteiger partial charge in [-0.1, -0.05) is 11.6 Å². The maximum Gasteiger partial charge on any atom is 0.226 e. The summed E-state index contributed by atoms with van der Waals surface area (Å²) in [5.41, 5.74) is 0.644. The molecule has 1 atom stereocenters. The van der Waals surface area contributed by atoms with Gasteiger partial charge in [0.2, 0.25) is 5.91 Å². The van der Waals surface area contributed by atoms with Crippen molar-refractivity contribution in [1.29, 1.82) is 0 Å². The van der Waals surface area contributed by atoms with Crippen LogP contribution in [0, 0.1) is 0 Å². The van der Waals surface area contributed by atoms with Crippen LogP contribution in [-0.2, 0) is 14.3 Å². The van der Waals surface area contributed by atoms with E-state index in [1.54, 1.807) is 25.3 Å². The van der Waals surface area contributed by atoms with Gasteiger partial charge in [-0.2, -0.15) is 0 Å². The molecule has 0 aliphatic carbocycles. The molecule has 0 aromatic heterocycles. The standard InChI is InChI=1S/C15H21ClN2O4.ClH/c1-20-6-7-22-14-3-2-11(8-13(14)16)18-15(19)9-12-10-21-5-4-17-12;/h2-3,8,12,17H,4-7,9-10H2,1H3,(H,18,19);1H. The Bertz CT molecular complexity index is 496. The molecule has 8 heteroatoms. The minimum atomic E-state index is -0.0767. The van der Waals surface area contributed by atoms with Crippen molar-refractivity contribution in [1.82, 2.24) is 5.32 Å². The molecule has 1 aliphatic heterocycles. The molecule has 0 bridgehead atoms. The normalized spacial score (nSPS) is 17.2. The highest BCUT2D eigenvalue weighted by Gasteiger charge is 2.17. The summed E-state index contributed by atoms with van der Waals surface area (Å²) in [6.45, 7) is 2.94. The van der Waals surface area contributed by atoms with Gasteiger partial charge in [0.15, 0.2) is 0 Å². The van der Waals surface area contributed by atoms with Crippen molar-refractivity contribution >= 4 is 35.6 Å². The first-order valence-electron chi connectivity index (χ1n) is 7.21. The van der Waals surface area contributed by atoms with E-state index in [0.29, 0.717) is 49.3 Å². The Hall–Kier alpha value is -1.05. The van der Waals surface area contributed by atoms with Crippen molar-refractivity contribution in [2.45, 2.75) is 12.5 Å². The SMILES string of the molecule is COCCOc1ccc(NC(=O)CC2COCCN2)cc1Cl.Cl. The molecule has 130 valence electrons. The zero-order valence-corrected chi connectivity index (χ0v) is 14.5. The molecule has 2 rings (SSSR count). The Morgan fingerprint density at radius 3 is 2.96 bits per heavy atom. The van der Waals surface area contributed by atoms with Crippen LogP contribution in [0.2, 0.25) is 5.02 Å². The van der Waals surface area contributed by atoms with E-state index in [4.69, 9.17) is 25.8 Å². The van der Waals surface area contributed by atoms with Gasteiger partial charge in [-0.25, -0.2) is 0 Å². The van der Waals surface area contributed by atoms with E-state index < -0.39 is 0 Å². The van der Waals surface area contributed by atoms with Crippen molar-refractivity contribution < 1.29 is 19.0 Å². The number of benzene rings is 1. The second-order valence-electron chi connectivity index (χ2n) is 4.96. The summed E-state index contributed by atoms with van der Waals surface area (Å²) in [7, 11) is 1.61. The average Bonchev–Trinajstić information content (AvgIpc) is 2.50. The Morgan fingerprint density at radius 2 is 2.30 bits per heavy atom. The molecule has 2 N–H and O–H groups in total. The lowest BCUT2D eigenvalue weighted by Gasteiger charge is -2.23. The predicted molar refractivity (Wildman–Crippen MR) is 91.9 cm³/mol. The molecule has 1 aliphatic rings. The van der Waals surface area contributed by atoms with E-state index >= 15 is 0 Å². The smallest absolute Gasteiger partial charge is 0.226 e. The van der Waals surface area contributed by atoms with Gasteiger partial charge in [0.1, 0.15) is 12.4 Å². The summed E-state index contributed by atoms with van der Waals surface area (Å²) in [5, 5.41) is 6.52. The van der Waals surface area contributed by atoms with Gasteiger partial charge >= 0.3 is 0 Å². The fourth-order valence-corrected chi connectivity index (χ4v) is 2.35. The lowest BCUT2D eigenvalue weighted by molar-refractivity contribution is -0.117. The fraction of sp³-hybridized carbons (Fsp3) is 0.533. The monoisotopic (exact) mass is 364 g/mol. The molecule has 23 heavy (non-hydrogen) atoms. The number of ether oxygens (including phenoxy) is 3. The molecule has 1 amide bonds. The summed E-state index contributed by atoms with van der Waals surface area (Å²) < 4.78 is 15.7. The highest BCUT2D eigenvalue weighted by Crippen LogP contribution is 2.27. The van der Waals surface area contributed by atoms with Gasteiger partial charge in [0.05, 0.1) is 24.8 Å². The topological polar surface area (TPSA) is 68.8 Å². The van der Waals surface area contributed by atoms with E-state index in [9.17, 15) is 4.79 Å². The third-order valence-electron chi connectivity index (χ3n) is 3.19. The van der Waals surface area contributed by atoms with Crippen LogP contribution in [0.15, 0.2) is 18.2 Å². The number of anilines is 1. The van der Waals surface area contributed by atoms with E-state index in [1.165, 1.54) is 0 Å². The summed E-state index contributed by atoms with van der Waals surface area (Å²) in [4.78, 5) is 12.0. The average molecular weight is 365 g/mol. The fourth-order valence-electron chi connectivity index (χ4n) is 2.12. The number of rotatable bonds is 7. The van der Waals surface area contributed by atoms with Crippen LogP contribution < -0.4 is 15.4 Å². The van der Waals surface area contributed by atoms with Crippen molar-refractivity contribution in [3.05, 3.63) is 23.2 Å². The maximum absolute atomic E-state index is 12.0. The Labute approximate surface area is 147 Å². The number of carbonyl (C=O) groups excluding carboxylic acids is 1.